The lowest BCUT2D eigenvalue weighted by molar-refractivity contribution is -0.137. The van der Waals surface area contributed by atoms with Crippen LogP contribution in [-0.4, -0.2) is 33.9 Å². The summed E-state index contributed by atoms with van der Waals surface area (Å²) in [6.45, 7) is 0. The summed E-state index contributed by atoms with van der Waals surface area (Å²) in [6.07, 6.45) is 7.00. The molecule has 0 radical (unpaired) electrons. The summed E-state index contributed by atoms with van der Waals surface area (Å²) in [5, 5.41) is 19.0. The third-order valence-electron chi connectivity index (χ3n) is 6.41. The monoisotopic (exact) mass is 386 g/mol. The summed E-state index contributed by atoms with van der Waals surface area (Å²) < 4.78 is 0. The summed E-state index contributed by atoms with van der Waals surface area (Å²) in [6, 6.07) is 5.88. The van der Waals surface area contributed by atoms with Gasteiger partial charge >= 0.3 is 5.97 Å². The molecule has 5 heteroatoms. The molecule has 1 fully saturated rings. The number of aliphatic hydroxyl groups is 1. The first-order valence-electron chi connectivity index (χ1n) is 10.5. The molecule has 0 heterocycles. The SMILES string of the molecule is O=C(O)CCCCCC[C@H]1C(O)CC(=O)[C@@H]1CCc1cccc2c1CCC2=O. The Labute approximate surface area is 166 Å². The van der Waals surface area contributed by atoms with Crippen LogP contribution < -0.4 is 0 Å². The Hall–Kier alpha value is -2.01. The zero-order valence-electron chi connectivity index (χ0n) is 16.4. The highest BCUT2D eigenvalue weighted by atomic mass is 16.4. The van der Waals surface area contributed by atoms with Crippen molar-refractivity contribution < 1.29 is 24.6 Å². The topological polar surface area (TPSA) is 91.7 Å². The number of rotatable bonds is 10. The van der Waals surface area contributed by atoms with Gasteiger partial charge in [-0.1, -0.05) is 37.5 Å². The van der Waals surface area contributed by atoms with Crippen LogP contribution >= 0.6 is 0 Å². The van der Waals surface area contributed by atoms with Crippen molar-refractivity contribution in [3.63, 3.8) is 0 Å². The lowest BCUT2D eigenvalue weighted by Crippen LogP contribution is -2.21. The van der Waals surface area contributed by atoms with Crippen molar-refractivity contribution in [1.82, 2.24) is 0 Å². The van der Waals surface area contributed by atoms with Gasteiger partial charge in [0.2, 0.25) is 0 Å². The summed E-state index contributed by atoms with van der Waals surface area (Å²) in [7, 11) is 0. The zero-order valence-corrected chi connectivity index (χ0v) is 16.4. The molecule has 2 N–H and O–H groups in total. The number of aliphatic carboxylic acids is 1. The molecule has 1 aromatic carbocycles. The first kappa shape index (κ1) is 20.7. The van der Waals surface area contributed by atoms with Gasteiger partial charge in [0.15, 0.2) is 5.78 Å². The number of hydrogen-bond donors (Lipinski definition) is 2. The number of carbonyl (C=O) groups excluding carboxylic acids is 2. The number of carboxylic acids is 1. The summed E-state index contributed by atoms with van der Waals surface area (Å²) in [4.78, 5) is 34.9. The highest BCUT2D eigenvalue weighted by Crippen LogP contribution is 2.37. The van der Waals surface area contributed by atoms with E-state index in [1.54, 1.807) is 0 Å². The minimum Gasteiger partial charge on any atom is -0.481 e. The molecule has 28 heavy (non-hydrogen) atoms. The van der Waals surface area contributed by atoms with E-state index in [0.717, 1.165) is 56.1 Å². The molecule has 0 aromatic heterocycles. The van der Waals surface area contributed by atoms with Gasteiger partial charge in [0.25, 0.3) is 0 Å². The van der Waals surface area contributed by atoms with E-state index < -0.39 is 12.1 Å². The molecule has 0 saturated heterocycles. The van der Waals surface area contributed by atoms with Gasteiger partial charge in [0, 0.05) is 30.7 Å². The normalized spacial score (nSPS) is 24.0. The van der Waals surface area contributed by atoms with E-state index in [-0.39, 0.29) is 36.2 Å². The van der Waals surface area contributed by atoms with Crippen molar-refractivity contribution >= 4 is 17.5 Å². The Morgan fingerprint density at radius 1 is 1.04 bits per heavy atom. The van der Waals surface area contributed by atoms with Gasteiger partial charge in [-0.05, 0) is 49.1 Å². The second-order valence-electron chi connectivity index (χ2n) is 8.26. The van der Waals surface area contributed by atoms with Gasteiger partial charge in [0.05, 0.1) is 6.10 Å². The van der Waals surface area contributed by atoms with E-state index in [9.17, 15) is 19.5 Å². The van der Waals surface area contributed by atoms with Crippen molar-refractivity contribution in [1.29, 1.82) is 0 Å². The number of Topliss-reactive ketones (excluding diaryl/α,β-unsaturated/α-hetero) is 2. The zero-order chi connectivity index (χ0) is 20.1. The van der Waals surface area contributed by atoms with Gasteiger partial charge in [-0.3, -0.25) is 14.4 Å². The van der Waals surface area contributed by atoms with Crippen LogP contribution in [0.25, 0.3) is 0 Å². The van der Waals surface area contributed by atoms with Gasteiger partial charge in [-0.2, -0.15) is 0 Å². The molecule has 0 amide bonds. The van der Waals surface area contributed by atoms with E-state index in [4.69, 9.17) is 5.11 Å². The predicted octanol–water partition coefficient (Wildman–Crippen LogP) is 3.74. The molecular weight excluding hydrogens is 356 g/mol. The van der Waals surface area contributed by atoms with Crippen molar-refractivity contribution in [3.8, 4) is 0 Å². The Bertz CT molecular complexity index is 739. The van der Waals surface area contributed by atoms with Crippen molar-refractivity contribution in [2.24, 2.45) is 11.8 Å². The van der Waals surface area contributed by atoms with Gasteiger partial charge in [0.1, 0.15) is 5.78 Å². The molecule has 1 unspecified atom stereocenters. The molecule has 2 aliphatic rings. The van der Waals surface area contributed by atoms with Gasteiger partial charge in [-0.25, -0.2) is 0 Å². The minimum absolute atomic E-state index is 0.00497. The van der Waals surface area contributed by atoms with E-state index in [1.165, 1.54) is 5.56 Å². The molecule has 1 saturated carbocycles. The maximum Gasteiger partial charge on any atom is 0.303 e. The number of unbranched alkanes of at least 4 members (excludes halogenated alkanes) is 3. The Morgan fingerprint density at radius 3 is 2.61 bits per heavy atom. The average Bonchev–Trinajstić information content (AvgIpc) is 3.16. The maximum absolute atomic E-state index is 12.4. The number of fused-ring (bicyclic) bond motifs is 1. The van der Waals surface area contributed by atoms with Crippen LogP contribution in [0, 0.1) is 11.8 Å². The maximum atomic E-state index is 12.4. The van der Waals surface area contributed by atoms with Crippen molar-refractivity contribution in [2.45, 2.75) is 76.7 Å². The molecule has 5 nitrogen and oxygen atoms in total. The minimum atomic E-state index is -0.758. The first-order chi connectivity index (χ1) is 13.5. The fraction of sp³-hybridized carbons (Fsp3) is 0.609. The van der Waals surface area contributed by atoms with E-state index >= 15 is 0 Å². The van der Waals surface area contributed by atoms with Crippen LogP contribution in [0.5, 0.6) is 0 Å². The Balaban J connectivity index is 1.52. The molecule has 0 bridgehead atoms. The lowest BCUT2D eigenvalue weighted by Gasteiger charge is -2.21. The largest absolute Gasteiger partial charge is 0.481 e. The Kier molecular flexibility index (Phi) is 7.00. The molecular formula is C23H30O5. The van der Waals surface area contributed by atoms with E-state index in [2.05, 4.69) is 6.07 Å². The van der Waals surface area contributed by atoms with Crippen LogP contribution in [0.3, 0.4) is 0 Å². The standard InChI is InChI=1S/C23H30O5/c24-20-13-12-16-15(6-5-8-17(16)20)10-11-19-18(21(25)14-22(19)26)7-3-1-2-4-9-23(27)28/h5-6,8,18-19,21,25H,1-4,7,9-14H2,(H,27,28)/t18-,19-,21?/m1/s1. The second kappa shape index (κ2) is 9.46. The molecule has 3 atom stereocenters. The number of carboxylic acid groups (broad SMARTS) is 1. The van der Waals surface area contributed by atoms with Crippen LogP contribution in [-0.2, 0) is 22.4 Å². The number of carbonyl (C=O) groups is 3. The van der Waals surface area contributed by atoms with E-state index in [0.29, 0.717) is 12.8 Å². The van der Waals surface area contributed by atoms with Gasteiger partial charge in [-0.15, -0.1) is 0 Å². The highest BCUT2D eigenvalue weighted by Gasteiger charge is 2.40. The number of aliphatic hydroxyl groups excluding tert-OH is 1. The summed E-state index contributed by atoms with van der Waals surface area (Å²) >= 11 is 0. The smallest absolute Gasteiger partial charge is 0.303 e. The average molecular weight is 386 g/mol. The number of benzene rings is 1. The first-order valence-corrected chi connectivity index (χ1v) is 10.5. The quantitative estimate of drug-likeness (QED) is 0.598. The molecule has 0 aliphatic heterocycles. The van der Waals surface area contributed by atoms with Crippen LogP contribution in [0.4, 0.5) is 0 Å². The van der Waals surface area contributed by atoms with Crippen molar-refractivity contribution in [2.75, 3.05) is 0 Å². The summed E-state index contributed by atoms with van der Waals surface area (Å²) in [5.41, 5.74) is 3.16. The fourth-order valence-electron chi connectivity index (χ4n) is 4.90. The van der Waals surface area contributed by atoms with Gasteiger partial charge < -0.3 is 10.2 Å². The number of hydrogen-bond acceptors (Lipinski definition) is 4. The third kappa shape index (κ3) is 4.88. The Morgan fingerprint density at radius 2 is 1.82 bits per heavy atom. The molecule has 1 aromatic rings. The van der Waals surface area contributed by atoms with Crippen molar-refractivity contribution in [3.05, 3.63) is 34.9 Å². The second-order valence-corrected chi connectivity index (χ2v) is 8.26. The highest BCUT2D eigenvalue weighted by molar-refractivity contribution is 6.00. The molecule has 2 aliphatic carbocycles. The van der Waals surface area contributed by atoms with Crippen LogP contribution in [0.1, 0.15) is 79.3 Å². The molecule has 0 spiro atoms. The van der Waals surface area contributed by atoms with Crippen LogP contribution in [0.2, 0.25) is 0 Å². The fourth-order valence-corrected chi connectivity index (χ4v) is 4.90. The number of ketones is 2. The molecule has 3 rings (SSSR count). The van der Waals surface area contributed by atoms with Crippen LogP contribution in [0.15, 0.2) is 18.2 Å². The third-order valence-corrected chi connectivity index (χ3v) is 6.41. The van der Waals surface area contributed by atoms with E-state index in [1.807, 2.05) is 12.1 Å². The molecule has 152 valence electrons. The summed E-state index contributed by atoms with van der Waals surface area (Å²) in [5.74, 6) is -0.490. The predicted molar refractivity (Wildman–Crippen MR) is 105 cm³/mol. The lowest BCUT2D eigenvalue weighted by atomic mass is 9.84. The number of aryl methyl sites for hydroxylation is 1.